The normalized spacial score (nSPS) is 10.5. The fourth-order valence-electron chi connectivity index (χ4n) is 2.40. The Morgan fingerprint density at radius 1 is 1.00 bits per heavy atom. The minimum Gasteiger partial charge on any atom is -0.317 e. The van der Waals surface area contributed by atoms with Gasteiger partial charge in [0.25, 0.3) is 0 Å². The third kappa shape index (κ3) is 7.10. The Morgan fingerprint density at radius 3 is 2.16 bits per heavy atom. The van der Waals surface area contributed by atoms with Crippen LogP contribution in [0.4, 0.5) is 17.6 Å². The first kappa shape index (κ1) is 24.4. The van der Waals surface area contributed by atoms with Crippen LogP contribution in [0.5, 0.6) is 0 Å². The molecule has 0 fully saturated rings. The van der Waals surface area contributed by atoms with Crippen LogP contribution in [0.15, 0.2) is 53.9 Å². The number of carbonyl (C=O) groups is 1. The van der Waals surface area contributed by atoms with Gasteiger partial charge in [0.05, 0.1) is 4.90 Å². The highest BCUT2D eigenvalue weighted by Crippen LogP contribution is 2.31. The second-order valence-corrected chi connectivity index (χ2v) is 7.16. The summed E-state index contributed by atoms with van der Waals surface area (Å²) in [5.74, 6) is -6.65. The number of aromatic nitrogens is 2. The predicted octanol–water partition coefficient (Wildman–Crippen LogP) is 4.15. The number of hydrogen-bond donors (Lipinski definition) is 2. The molecule has 1 heterocycles. The monoisotopic (exact) mass is 454 g/mol. The van der Waals surface area contributed by atoms with E-state index >= 15 is 0 Å². The second-order valence-electron chi connectivity index (χ2n) is 6.02. The van der Waals surface area contributed by atoms with E-state index < -0.39 is 28.2 Å². The molecular weight excluding hydrogens is 436 g/mol. The van der Waals surface area contributed by atoms with Crippen LogP contribution in [0.25, 0.3) is 0 Å². The van der Waals surface area contributed by atoms with Crippen molar-refractivity contribution in [1.29, 1.82) is 0 Å². The molecule has 2 aromatic carbocycles. The van der Waals surface area contributed by atoms with Crippen molar-refractivity contribution in [2.24, 2.45) is 0 Å². The first-order valence-electron chi connectivity index (χ1n) is 8.74. The third-order valence-electron chi connectivity index (χ3n) is 3.74. The molecule has 0 aliphatic carbocycles. The van der Waals surface area contributed by atoms with Gasteiger partial charge in [-0.1, -0.05) is 24.3 Å². The van der Waals surface area contributed by atoms with Gasteiger partial charge in [0.1, 0.15) is 12.6 Å². The van der Waals surface area contributed by atoms with Crippen molar-refractivity contribution in [3.63, 3.8) is 0 Å². The van der Waals surface area contributed by atoms with E-state index in [0.717, 1.165) is 17.5 Å². The molecule has 0 radical (unpaired) electrons. The van der Waals surface area contributed by atoms with Crippen LogP contribution in [0, 0.1) is 23.3 Å². The van der Waals surface area contributed by atoms with E-state index in [2.05, 4.69) is 9.97 Å². The Kier molecular flexibility index (Phi) is 9.53. The molecule has 164 valence electrons. The zero-order valence-corrected chi connectivity index (χ0v) is 17.0. The molecule has 3 aromatic rings. The molecule has 31 heavy (non-hydrogen) atoms. The summed E-state index contributed by atoms with van der Waals surface area (Å²) in [5.41, 5.74) is 3.70. The van der Waals surface area contributed by atoms with Gasteiger partial charge in [0.2, 0.25) is 0 Å². The van der Waals surface area contributed by atoms with Gasteiger partial charge in [-0.05, 0) is 23.6 Å². The number of halogens is 4. The van der Waals surface area contributed by atoms with Crippen LogP contribution in [0.3, 0.4) is 0 Å². The average Bonchev–Trinajstić information content (AvgIpc) is 2.77. The molecule has 0 amide bonds. The van der Waals surface area contributed by atoms with E-state index in [1.54, 1.807) is 46.4 Å². The largest absolute Gasteiger partial charge is 0.317 e. The van der Waals surface area contributed by atoms with E-state index in [-0.39, 0.29) is 13.1 Å². The van der Waals surface area contributed by atoms with Crippen molar-refractivity contribution >= 4 is 18.2 Å². The van der Waals surface area contributed by atoms with Gasteiger partial charge in [-0.15, -0.1) is 0 Å². The van der Waals surface area contributed by atoms with E-state index in [0.29, 0.717) is 23.5 Å². The zero-order chi connectivity index (χ0) is 22.8. The molecule has 0 aliphatic heterocycles. The Hall–Kier alpha value is -2.86. The maximum absolute atomic E-state index is 14.1. The van der Waals surface area contributed by atoms with Gasteiger partial charge in [0.15, 0.2) is 23.3 Å². The van der Waals surface area contributed by atoms with Crippen molar-refractivity contribution in [2.75, 3.05) is 7.05 Å². The standard InChI is InChI=1S/C19H13F4N3OS.CH5NO/c20-15-5-16(18(22)19(23)17(15)21)28-26(9-14-6-24-11-25-7-14)8-12-1-3-13(10-27)4-2-12;1-2-3/h1-7,10-11H,8-9H2;2-3H,1H3. The molecule has 0 saturated carbocycles. The summed E-state index contributed by atoms with van der Waals surface area (Å²) in [6, 6.07) is 7.27. The predicted molar refractivity (Wildman–Crippen MR) is 106 cm³/mol. The molecule has 0 bridgehead atoms. The maximum atomic E-state index is 14.1. The highest BCUT2D eigenvalue weighted by atomic mass is 32.2. The van der Waals surface area contributed by atoms with Crippen molar-refractivity contribution in [2.45, 2.75) is 18.0 Å². The lowest BCUT2D eigenvalue weighted by molar-refractivity contribution is 0.112. The van der Waals surface area contributed by atoms with Crippen LogP contribution >= 0.6 is 11.9 Å². The van der Waals surface area contributed by atoms with Gasteiger partial charge in [0, 0.05) is 43.7 Å². The minimum absolute atomic E-state index is 0.223. The minimum atomic E-state index is -1.86. The number of benzene rings is 2. The number of aldehydes is 1. The molecule has 0 atom stereocenters. The fourth-order valence-corrected chi connectivity index (χ4v) is 3.43. The molecule has 1 aromatic heterocycles. The van der Waals surface area contributed by atoms with Crippen molar-refractivity contribution in [3.05, 3.63) is 89.0 Å². The maximum Gasteiger partial charge on any atom is 0.198 e. The number of hydrogen-bond acceptors (Lipinski definition) is 7. The third-order valence-corrected chi connectivity index (χ3v) is 4.75. The lowest BCUT2D eigenvalue weighted by atomic mass is 10.1. The summed E-state index contributed by atoms with van der Waals surface area (Å²) in [5, 5.41) is 7.32. The van der Waals surface area contributed by atoms with Gasteiger partial charge in [-0.2, -0.15) is 0 Å². The number of hydroxylamine groups is 1. The first-order valence-corrected chi connectivity index (χ1v) is 9.51. The second kappa shape index (κ2) is 12.1. The number of rotatable bonds is 7. The topological polar surface area (TPSA) is 78.4 Å². The number of nitrogens with zero attached hydrogens (tertiary/aromatic N) is 3. The van der Waals surface area contributed by atoms with Gasteiger partial charge >= 0.3 is 0 Å². The van der Waals surface area contributed by atoms with Gasteiger partial charge in [-0.25, -0.2) is 37.3 Å². The van der Waals surface area contributed by atoms with Gasteiger partial charge in [-0.3, -0.25) is 4.79 Å². The molecule has 0 aliphatic rings. The summed E-state index contributed by atoms with van der Waals surface area (Å²) < 4.78 is 56.0. The van der Waals surface area contributed by atoms with Crippen LogP contribution in [-0.4, -0.2) is 32.8 Å². The molecule has 3 rings (SSSR count). The smallest absolute Gasteiger partial charge is 0.198 e. The Balaban J connectivity index is 0.00000107. The lowest BCUT2D eigenvalue weighted by Gasteiger charge is -2.21. The summed E-state index contributed by atoms with van der Waals surface area (Å²) >= 11 is 0.739. The van der Waals surface area contributed by atoms with E-state index in [1.165, 1.54) is 13.4 Å². The lowest BCUT2D eigenvalue weighted by Crippen LogP contribution is -2.16. The molecular formula is C20H18F4N4O2S. The van der Waals surface area contributed by atoms with Crippen molar-refractivity contribution in [1.82, 2.24) is 19.8 Å². The molecule has 2 N–H and O–H groups in total. The van der Waals surface area contributed by atoms with Crippen molar-refractivity contribution < 1.29 is 27.6 Å². The molecule has 6 nitrogen and oxygen atoms in total. The SMILES string of the molecule is CNO.O=Cc1ccc(CN(Cc2cncnc2)Sc2cc(F)c(F)c(F)c2F)cc1. The Labute approximate surface area is 180 Å². The van der Waals surface area contributed by atoms with Crippen molar-refractivity contribution in [3.8, 4) is 0 Å². The van der Waals surface area contributed by atoms with Crippen LogP contribution in [0.2, 0.25) is 0 Å². The van der Waals surface area contributed by atoms with E-state index in [1.807, 2.05) is 0 Å². The Bertz CT molecular complexity index is 995. The highest BCUT2D eigenvalue weighted by Gasteiger charge is 2.21. The summed E-state index contributed by atoms with van der Waals surface area (Å²) in [7, 11) is 1.43. The summed E-state index contributed by atoms with van der Waals surface area (Å²) in [4.78, 5) is 18.2. The summed E-state index contributed by atoms with van der Waals surface area (Å²) in [6.45, 7) is 0.472. The first-order chi connectivity index (χ1) is 14.9. The summed E-state index contributed by atoms with van der Waals surface area (Å²) in [6.07, 6.45) is 5.16. The van der Waals surface area contributed by atoms with E-state index in [9.17, 15) is 22.4 Å². The number of nitrogens with one attached hydrogen (secondary N) is 1. The van der Waals surface area contributed by atoms with Crippen LogP contribution < -0.4 is 5.48 Å². The number of carbonyl (C=O) groups excluding carboxylic acids is 1. The molecule has 11 heteroatoms. The molecule has 0 unspecified atom stereocenters. The van der Waals surface area contributed by atoms with Gasteiger partial charge < -0.3 is 5.21 Å². The fraction of sp³-hybridized carbons (Fsp3) is 0.150. The van der Waals surface area contributed by atoms with E-state index in [4.69, 9.17) is 5.21 Å². The van der Waals surface area contributed by atoms with Crippen LogP contribution in [0.1, 0.15) is 21.5 Å². The molecule has 0 spiro atoms. The zero-order valence-electron chi connectivity index (χ0n) is 16.2. The average molecular weight is 454 g/mol. The van der Waals surface area contributed by atoms with Crippen LogP contribution in [-0.2, 0) is 13.1 Å². The molecule has 0 saturated heterocycles. The quantitative estimate of drug-likeness (QED) is 0.139. The Morgan fingerprint density at radius 2 is 1.58 bits per heavy atom. The highest BCUT2D eigenvalue weighted by molar-refractivity contribution is 7.97.